The number of ether oxygens (including phenoxy) is 1. The van der Waals surface area contributed by atoms with Crippen molar-refractivity contribution in [2.75, 3.05) is 12.3 Å². The van der Waals surface area contributed by atoms with E-state index < -0.39 is 23.2 Å². The Morgan fingerprint density at radius 1 is 1.41 bits per heavy atom. The second kappa shape index (κ2) is 5.80. The van der Waals surface area contributed by atoms with Gasteiger partial charge in [0.1, 0.15) is 11.6 Å². The van der Waals surface area contributed by atoms with Crippen molar-refractivity contribution in [3.8, 4) is 6.07 Å². The first-order valence-corrected chi connectivity index (χ1v) is 4.85. The van der Waals surface area contributed by atoms with E-state index in [0.29, 0.717) is 12.5 Å². The molecule has 0 radical (unpaired) electrons. The summed E-state index contributed by atoms with van der Waals surface area (Å²) in [5.74, 6) is -2.88. The van der Waals surface area contributed by atoms with Gasteiger partial charge >= 0.3 is 5.97 Å². The lowest BCUT2D eigenvalue weighted by atomic mass is 10.2. The van der Waals surface area contributed by atoms with Crippen molar-refractivity contribution in [2.24, 2.45) is 0 Å². The van der Waals surface area contributed by atoms with E-state index in [4.69, 9.17) is 15.7 Å². The molecule has 2 N–H and O–H groups in total. The van der Waals surface area contributed by atoms with Crippen LogP contribution in [0, 0.1) is 23.0 Å². The molecule has 0 aromatic heterocycles. The fraction of sp³-hybridized carbons (Fsp3) is 0.273. The van der Waals surface area contributed by atoms with Crippen molar-refractivity contribution in [3.05, 3.63) is 29.3 Å². The Morgan fingerprint density at radius 3 is 2.76 bits per heavy atom. The smallest absolute Gasteiger partial charge is 0.341 e. The molecule has 0 heterocycles. The zero-order chi connectivity index (χ0) is 12.8. The van der Waals surface area contributed by atoms with Gasteiger partial charge in [-0.1, -0.05) is 0 Å². The summed E-state index contributed by atoms with van der Waals surface area (Å²) in [6, 6.07) is 3.29. The van der Waals surface area contributed by atoms with Gasteiger partial charge in [0.2, 0.25) is 0 Å². The number of anilines is 1. The van der Waals surface area contributed by atoms with Crippen LogP contribution in [0.2, 0.25) is 0 Å². The Morgan fingerprint density at radius 2 is 2.12 bits per heavy atom. The fourth-order valence-electron chi connectivity index (χ4n) is 1.12. The molecule has 0 fully saturated rings. The maximum atomic E-state index is 13.2. The number of esters is 1. The molecule has 0 aliphatic rings. The molecule has 0 unspecified atom stereocenters. The van der Waals surface area contributed by atoms with Crippen LogP contribution in [0.3, 0.4) is 0 Å². The molecule has 0 saturated carbocycles. The third-order valence-electron chi connectivity index (χ3n) is 1.97. The summed E-state index contributed by atoms with van der Waals surface area (Å²) in [6.45, 7) is 0.00309. The number of unbranched alkanes of at least 4 members (excludes halogenated alkanes) is 1. The highest BCUT2D eigenvalue weighted by Crippen LogP contribution is 2.17. The summed E-state index contributed by atoms with van der Waals surface area (Å²) in [5, 5.41) is 8.25. The van der Waals surface area contributed by atoms with Crippen LogP contribution < -0.4 is 5.73 Å². The third kappa shape index (κ3) is 3.41. The number of halogens is 2. The van der Waals surface area contributed by atoms with Crippen LogP contribution in [0.25, 0.3) is 0 Å². The summed E-state index contributed by atoms with van der Waals surface area (Å²) in [4.78, 5) is 11.4. The van der Waals surface area contributed by atoms with Crippen molar-refractivity contribution >= 4 is 11.7 Å². The van der Waals surface area contributed by atoms with Crippen LogP contribution in [0.4, 0.5) is 14.5 Å². The van der Waals surface area contributed by atoms with Gasteiger partial charge < -0.3 is 10.5 Å². The van der Waals surface area contributed by atoms with Crippen LogP contribution in [0.5, 0.6) is 0 Å². The molecule has 1 aromatic rings. The van der Waals surface area contributed by atoms with Gasteiger partial charge in [-0.3, -0.25) is 0 Å². The standard InChI is InChI=1S/C11H10F2N2O2/c12-8-6-9(13)10(15)5-7(8)11(16)17-4-2-1-3-14/h5-6H,1-2,4,15H2. The topological polar surface area (TPSA) is 76.1 Å². The molecule has 0 bridgehead atoms. The monoisotopic (exact) mass is 240 g/mol. The molecule has 0 spiro atoms. The number of hydrogen-bond acceptors (Lipinski definition) is 4. The number of nitrogen functional groups attached to an aromatic ring is 1. The van der Waals surface area contributed by atoms with E-state index in [1.54, 1.807) is 0 Å². The molecule has 0 amide bonds. The molecule has 0 atom stereocenters. The summed E-state index contributed by atoms with van der Waals surface area (Å²) in [7, 11) is 0. The lowest BCUT2D eigenvalue weighted by molar-refractivity contribution is 0.0496. The lowest BCUT2D eigenvalue weighted by Gasteiger charge is -2.06. The molecule has 4 nitrogen and oxygen atoms in total. The molecule has 90 valence electrons. The molecule has 0 saturated heterocycles. The molecule has 0 aliphatic carbocycles. The highest BCUT2D eigenvalue weighted by molar-refractivity contribution is 5.90. The summed E-state index contributed by atoms with van der Waals surface area (Å²) in [6.07, 6.45) is 0.599. The number of hydrogen-bond donors (Lipinski definition) is 1. The van der Waals surface area contributed by atoms with Gasteiger partial charge in [0.15, 0.2) is 0 Å². The highest BCUT2D eigenvalue weighted by atomic mass is 19.1. The molecular weight excluding hydrogens is 230 g/mol. The van der Waals surface area contributed by atoms with Gasteiger partial charge in [-0.25, -0.2) is 13.6 Å². The van der Waals surface area contributed by atoms with Gasteiger partial charge in [0.05, 0.1) is 23.9 Å². The average molecular weight is 240 g/mol. The van der Waals surface area contributed by atoms with E-state index in [9.17, 15) is 13.6 Å². The van der Waals surface area contributed by atoms with Gasteiger partial charge in [-0.15, -0.1) is 0 Å². The Bertz CT molecular complexity index is 469. The van der Waals surface area contributed by atoms with Crippen molar-refractivity contribution in [1.29, 1.82) is 5.26 Å². The van der Waals surface area contributed by atoms with Crippen molar-refractivity contribution in [3.63, 3.8) is 0 Å². The van der Waals surface area contributed by atoms with Gasteiger partial charge in [0, 0.05) is 12.5 Å². The number of nitriles is 1. The zero-order valence-electron chi connectivity index (χ0n) is 8.87. The van der Waals surface area contributed by atoms with E-state index in [0.717, 1.165) is 6.07 Å². The zero-order valence-corrected chi connectivity index (χ0v) is 8.87. The first-order chi connectivity index (χ1) is 8.06. The van der Waals surface area contributed by atoms with Crippen molar-refractivity contribution in [2.45, 2.75) is 12.8 Å². The Labute approximate surface area is 96.6 Å². The van der Waals surface area contributed by atoms with Crippen LogP contribution in [-0.4, -0.2) is 12.6 Å². The normalized spacial score (nSPS) is 9.71. The summed E-state index contributed by atoms with van der Waals surface area (Å²) >= 11 is 0. The predicted octanol–water partition coefficient (Wildman–Crippen LogP) is 2.01. The molecule has 17 heavy (non-hydrogen) atoms. The van der Waals surface area contributed by atoms with Crippen molar-refractivity contribution in [1.82, 2.24) is 0 Å². The number of nitrogens with zero attached hydrogens (tertiary/aromatic N) is 1. The minimum atomic E-state index is -1.03. The van der Waals surface area contributed by atoms with E-state index in [2.05, 4.69) is 0 Å². The number of carbonyl (C=O) groups excluding carboxylic acids is 1. The van der Waals surface area contributed by atoms with Gasteiger partial charge in [-0.2, -0.15) is 5.26 Å². The van der Waals surface area contributed by atoms with E-state index in [1.165, 1.54) is 0 Å². The lowest BCUT2D eigenvalue weighted by Crippen LogP contribution is -2.10. The largest absolute Gasteiger partial charge is 0.462 e. The Hall–Kier alpha value is -2.16. The van der Waals surface area contributed by atoms with E-state index in [-0.39, 0.29) is 18.7 Å². The second-order valence-corrected chi connectivity index (χ2v) is 3.25. The minimum Gasteiger partial charge on any atom is -0.462 e. The highest BCUT2D eigenvalue weighted by Gasteiger charge is 2.16. The summed E-state index contributed by atoms with van der Waals surface area (Å²) in [5.41, 5.74) is 4.47. The Balaban J connectivity index is 2.70. The maximum Gasteiger partial charge on any atom is 0.341 e. The molecule has 1 aromatic carbocycles. The van der Waals surface area contributed by atoms with Crippen LogP contribution >= 0.6 is 0 Å². The van der Waals surface area contributed by atoms with E-state index >= 15 is 0 Å². The molecule has 0 aliphatic heterocycles. The molecule has 6 heteroatoms. The number of rotatable bonds is 4. The predicted molar refractivity (Wildman–Crippen MR) is 55.9 cm³/mol. The fourth-order valence-corrected chi connectivity index (χ4v) is 1.12. The quantitative estimate of drug-likeness (QED) is 0.496. The first-order valence-electron chi connectivity index (χ1n) is 4.85. The van der Waals surface area contributed by atoms with Crippen LogP contribution in [0.15, 0.2) is 12.1 Å². The number of nitrogens with two attached hydrogens (primary N) is 1. The van der Waals surface area contributed by atoms with Crippen LogP contribution in [0.1, 0.15) is 23.2 Å². The number of benzene rings is 1. The summed E-state index contributed by atoms with van der Waals surface area (Å²) < 4.78 is 30.7. The van der Waals surface area contributed by atoms with Gasteiger partial charge in [-0.05, 0) is 12.5 Å². The second-order valence-electron chi connectivity index (χ2n) is 3.25. The van der Waals surface area contributed by atoms with Gasteiger partial charge in [0.25, 0.3) is 0 Å². The van der Waals surface area contributed by atoms with Crippen molar-refractivity contribution < 1.29 is 18.3 Å². The average Bonchev–Trinajstić information content (AvgIpc) is 2.29. The minimum absolute atomic E-state index is 0.00309. The number of carbonyl (C=O) groups is 1. The first kappa shape index (κ1) is 12.9. The SMILES string of the molecule is N#CCCCOC(=O)c1cc(N)c(F)cc1F. The Kier molecular flexibility index (Phi) is 4.40. The molecule has 1 rings (SSSR count). The third-order valence-corrected chi connectivity index (χ3v) is 1.97. The maximum absolute atomic E-state index is 13.2. The van der Waals surface area contributed by atoms with E-state index in [1.807, 2.05) is 6.07 Å². The molecular formula is C11H10F2N2O2. The van der Waals surface area contributed by atoms with Crippen LogP contribution in [-0.2, 0) is 4.74 Å².